The minimum Gasteiger partial charge on any atom is -0.271 e. The summed E-state index contributed by atoms with van der Waals surface area (Å²) in [5.74, 6) is 6.11. The van der Waals surface area contributed by atoms with E-state index in [0.717, 1.165) is 30.4 Å². The molecule has 1 unspecified atom stereocenters. The van der Waals surface area contributed by atoms with Crippen LogP contribution in [0.3, 0.4) is 0 Å². The summed E-state index contributed by atoms with van der Waals surface area (Å²) in [6.07, 6.45) is 2.96. The topological polar surface area (TPSA) is 38.0 Å². The van der Waals surface area contributed by atoms with Crippen LogP contribution in [0.25, 0.3) is 0 Å². The fourth-order valence-corrected chi connectivity index (χ4v) is 3.36. The van der Waals surface area contributed by atoms with Crippen molar-refractivity contribution in [3.8, 4) is 0 Å². The highest BCUT2D eigenvalue weighted by Gasteiger charge is 2.28. The van der Waals surface area contributed by atoms with E-state index in [-0.39, 0.29) is 11.9 Å². The molecule has 0 aliphatic heterocycles. The van der Waals surface area contributed by atoms with E-state index in [1.54, 1.807) is 6.07 Å². The van der Waals surface area contributed by atoms with Crippen molar-refractivity contribution in [2.45, 2.75) is 32.2 Å². The van der Waals surface area contributed by atoms with E-state index in [9.17, 15) is 4.39 Å². The summed E-state index contributed by atoms with van der Waals surface area (Å²) in [6.45, 7) is 1.95. The van der Waals surface area contributed by atoms with Crippen LogP contribution < -0.4 is 11.3 Å². The summed E-state index contributed by atoms with van der Waals surface area (Å²) in [6, 6.07) is 13.8. The van der Waals surface area contributed by atoms with Crippen LogP contribution in [0, 0.1) is 18.7 Å². The monoisotopic (exact) mass is 284 g/mol. The number of hydrazine groups is 1. The van der Waals surface area contributed by atoms with E-state index in [2.05, 4.69) is 29.7 Å². The minimum atomic E-state index is -0.179. The number of nitrogens with two attached hydrogens (primary N) is 1. The number of aryl methyl sites for hydroxylation is 1. The lowest BCUT2D eigenvalue weighted by molar-refractivity contribution is 0.366. The lowest BCUT2D eigenvalue weighted by Gasteiger charge is -2.23. The second-order valence-electron chi connectivity index (χ2n) is 5.99. The molecule has 1 aliphatic rings. The third kappa shape index (κ3) is 2.99. The first-order valence-corrected chi connectivity index (χ1v) is 7.45. The molecular weight excluding hydrogens is 263 g/mol. The zero-order chi connectivity index (χ0) is 14.8. The summed E-state index contributed by atoms with van der Waals surface area (Å²) in [5.41, 5.74) is 7.99. The Morgan fingerprint density at radius 3 is 2.43 bits per heavy atom. The summed E-state index contributed by atoms with van der Waals surface area (Å²) < 4.78 is 13.2. The summed E-state index contributed by atoms with van der Waals surface area (Å²) in [5, 5.41) is 0. The van der Waals surface area contributed by atoms with E-state index >= 15 is 0 Å². The Kier molecular flexibility index (Phi) is 4.04. The number of fused-ring (bicyclic) bond motifs is 1. The molecule has 0 fully saturated rings. The van der Waals surface area contributed by atoms with Crippen LogP contribution in [0.1, 0.15) is 22.3 Å². The Hall–Kier alpha value is -1.71. The van der Waals surface area contributed by atoms with Gasteiger partial charge in [-0.2, -0.15) is 0 Å². The van der Waals surface area contributed by atoms with Crippen LogP contribution in [-0.2, 0) is 19.3 Å². The predicted molar refractivity (Wildman–Crippen MR) is 83.3 cm³/mol. The molecule has 2 aromatic carbocycles. The van der Waals surface area contributed by atoms with Crippen LogP contribution in [0.5, 0.6) is 0 Å². The van der Waals surface area contributed by atoms with Crippen LogP contribution in [-0.4, -0.2) is 6.04 Å². The molecule has 1 aliphatic carbocycles. The summed E-state index contributed by atoms with van der Waals surface area (Å²) in [7, 11) is 0. The molecule has 0 saturated carbocycles. The van der Waals surface area contributed by atoms with Crippen molar-refractivity contribution in [3.63, 3.8) is 0 Å². The molecule has 0 amide bonds. The molecule has 0 radical (unpaired) electrons. The quantitative estimate of drug-likeness (QED) is 0.669. The van der Waals surface area contributed by atoms with Crippen LogP contribution in [0.15, 0.2) is 42.5 Å². The van der Waals surface area contributed by atoms with Crippen LogP contribution in [0.4, 0.5) is 4.39 Å². The van der Waals surface area contributed by atoms with Gasteiger partial charge < -0.3 is 0 Å². The number of benzene rings is 2. The fraction of sp³-hybridized carbons (Fsp3) is 0.333. The van der Waals surface area contributed by atoms with E-state index in [1.807, 2.05) is 13.0 Å². The van der Waals surface area contributed by atoms with Gasteiger partial charge in [-0.3, -0.25) is 11.3 Å². The lowest BCUT2D eigenvalue weighted by atomic mass is 9.90. The van der Waals surface area contributed by atoms with Crippen molar-refractivity contribution in [1.29, 1.82) is 0 Å². The maximum Gasteiger partial charge on any atom is 0.123 e. The SMILES string of the molecule is Cc1cc(F)ccc1CC(NN)C1Cc2ccccc2C1. The first-order valence-electron chi connectivity index (χ1n) is 7.45. The van der Waals surface area contributed by atoms with Gasteiger partial charge in [0.15, 0.2) is 0 Å². The third-order valence-electron chi connectivity index (χ3n) is 4.61. The zero-order valence-electron chi connectivity index (χ0n) is 12.3. The number of hydrogen-bond donors (Lipinski definition) is 2. The van der Waals surface area contributed by atoms with Gasteiger partial charge in [-0.05, 0) is 66.5 Å². The van der Waals surface area contributed by atoms with Crippen molar-refractivity contribution in [2.24, 2.45) is 11.8 Å². The lowest BCUT2D eigenvalue weighted by Crippen LogP contribution is -2.43. The maximum atomic E-state index is 13.2. The predicted octanol–water partition coefficient (Wildman–Crippen LogP) is 2.92. The molecule has 0 saturated heterocycles. The van der Waals surface area contributed by atoms with Gasteiger partial charge in [-0.1, -0.05) is 30.3 Å². The zero-order valence-corrected chi connectivity index (χ0v) is 12.3. The number of hydrogen-bond acceptors (Lipinski definition) is 2. The third-order valence-corrected chi connectivity index (χ3v) is 4.61. The van der Waals surface area contributed by atoms with Gasteiger partial charge in [0.2, 0.25) is 0 Å². The average molecular weight is 284 g/mol. The van der Waals surface area contributed by atoms with E-state index in [0.29, 0.717) is 5.92 Å². The highest BCUT2D eigenvalue weighted by molar-refractivity contribution is 5.33. The highest BCUT2D eigenvalue weighted by Crippen LogP contribution is 2.30. The Morgan fingerprint density at radius 1 is 1.19 bits per heavy atom. The maximum absolute atomic E-state index is 13.2. The van der Waals surface area contributed by atoms with Gasteiger partial charge in [-0.25, -0.2) is 4.39 Å². The largest absolute Gasteiger partial charge is 0.271 e. The van der Waals surface area contributed by atoms with Crippen molar-refractivity contribution in [1.82, 2.24) is 5.43 Å². The molecule has 0 spiro atoms. The van der Waals surface area contributed by atoms with Crippen LogP contribution in [0.2, 0.25) is 0 Å². The van der Waals surface area contributed by atoms with Crippen molar-refractivity contribution < 1.29 is 4.39 Å². The number of halogens is 1. The normalized spacial score (nSPS) is 16.0. The minimum absolute atomic E-state index is 0.179. The fourth-order valence-electron chi connectivity index (χ4n) is 3.36. The van der Waals surface area contributed by atoms with Gasteiger partial charge >= 0.3 is 0 Å². The smallest absolute Gasteiger partial charge is 0.123 e. The molecule has 0 heterocycles. The molecule has 110 valence electrons. The molecule has 1 atom stereocenters. The van der Waals surface area contributed by atoms with Crippen molar-refractivity contribution >= 4 is 0 Å². The van der Waals surface area contributed by atoms with E-state index in [1.165, 1.54) is 17.2 Å². The van der Waals surface area contributed by atoms with Gasteiger partial charge in [0.1, 0.15) is 5.82 Å². The number of nitrogens with one attached hydrogen (secondary N) is 1. The van der Waals surface area contributed by atoms with Crippen LogP contribution >= 0.6 is 0 Å². The second-order valence-corrected chi connectivity index (χ2v) is 5.99. The second kappa shape index (κ2) is 5.96. The first kappa shape index (κ1) is 14.2. The Labute approximate surface area is 125 Å². The summed E-state index contributed by atoms with van der Waals surface area (Å²) in [4.78, 5) is 0. The highest BCUT2D eigenvalue weighted by atomic mass is 19.1. The standard InChI is InChI=1S/C18H21FN2/c1-12-8-17(19)7-6-13(12)11-18(21-20)16-9-14-4-2-3-5-15(14)10-16/h2-8,16,18,21H,9-11,20H2,1H3. The van der Waals surface area contributed by atoms with Crippen molar-refractivity contribution in [2.75, 3.05) is 0 Å². The van der Waals surface area contributed by atoms with Gasteiger partial charge in [-0.15, -0.1) is 0 Å². The molecular formula is C18H21FN2. The molecule has 0 bridgehead atoms. The molecule has 0 aromatic heterocycles. The number of rotatable bonds is 4. The Morgan fingerprint density at radius 2 is 1.86 bits per heavy atom. The Balaban J connectivity index is 1.75. The molecule has 2 nitrogen and oxygen atoms in total. The molecule has 21 heavy (non-hydrogen) atoms. The van der Waals surface area contributed by atoms with Gasteiger partial charge in [0, 0.05) is 6.04 Å². The average Bonchev–Trinajstić information content (AvgIpc) is 2.90. The molecule has 3 N–H and O–H groups in total. The van der Waals surface area contributed by atoms with Gasteiger partial charge in [0.05, 0.1) is 0 Å². The van der Waals surface area contributed by atoms with E-state index in [4.69, 9.17) is 5.84 Å². The first-order chi connectivity index (χ1) is 10.2. The molecule has 3 rings (SSSR count). The van der Waals surface area contributed by atoms with E-state index < -0.39 is 0 Å². The molecule has 2 aromatic rings. The Bertz CT molecular complexity index is 614. The van der Waals surface area contributed by atoms with Crippen molar-refractivity contribution in [3.05, 3.63) is 70.5 Å². The van der Waals surface area contributed by atoms with Gasteiger partial charge in [0.25, 0.3) is 0 Å². The molecule has 3 heteroatoms. The summed E-state index contributed by atoms with van der Waals surface area (Å²) >= 11 is 0.